The lowest BCUT2D eigenvalue weighted by Gasteiger charge is -2.20. The molecule has 4 heterocycles. The Morgan fingerprint density at radius 3 is 2.51 bits per heavy atom. The smallest absolute Gasteiger partial charge is 0.283 e. The molecule has 4 aromatic heterocycles. The van der Waals surface area contributed by atoms with Gasteiger partial charge in [-0.3, -0.25) is 9.59 Å². The molecule has 9 nitrogen and oxygen atoms in total. The van der Waals surface area contributed by atoms with E-state index in [0.29, 0.717) is 45.6 Å². The van der Waals surface area contributed by atoms with E-state index < -0.39 is 11.4 Å². The van der Waals surface area contributed by atoms with Crippen molar-refractivity contribution in [1.29, 1.82) is 0 Å². The first kappa shape index (κ1) is 26.1. The first-order valence-electron chi connectivity index (χ1n) is 12.7. The molecule has 0 radical (unpaired) electrons. The minimum absolute atomic E-state index is 0.0438. The molecule has 0 N–H and O–H groups in total. The zero-order valence-electron chi connectivity index (χ0n) is 22.7. The second-order valence-corrected chi connectivity index (χ2v) is 10.6. The van der Waals surface area contributed by atoms with Crippen molar-refractivity contribution < 1.29 is 8.91 Å². The van der Waals surface area contributed by atoms with Crippen LogP contribution < -0.4 is 11.1 Å². The maximum atomic E-state index is 15.3. The van der Waals surface area contributed by atoms with Gasteiger partial charge in [-0.25, -0.2) is 14.1 Å². The lowest BCUT2D eigenvalue weighted by molar-refractivity contribution is 0.391. The molecule has 0 aliphatic rings. The fourth-order valence-electron chi connectivity index (χ4n) is 4.70. The number of hydrogen-bond donors (Lipinski definition) is 0. The van der Waals surface area contributed by atoms with E-state index in [9.17, 15) is 9.59 Å². The fourth-order valence-corrected chi connectivity index (χ4v) is 4.70. The van der Waals surface area contributed by atoms with Gasteiger partial charge in [-0.15, -0.1) is 0 Å². The van der Waals surface area contributed by atoms with Crippen molar-refractivity contribution in [2.24, 2.45) is 7.05 Å². The molecule has 0 fully saturated rings. The molecule has 0 bridgehead atoms. The Balaban J connectivity index is 1.66. The molecule has 0 saturated heterocycles. The van der Waals surface area contributed by atoms with Crippen LogP contribution in [0.5, 0.6) is 0 Å². The monoisotopic (exact) mass is 528 g/mol. The number of hydrogen-bond acceptors (Lipinski definition) is 7. The summed E-state index contributed by atoms with van der Waals surface area (Å²) in [6, 6.07) is 8.48. The van der Waals surface area contributed by atoms with Gasteiger partial charge in [0.05, 0.1) is 23.0 Å². The molecule has 0 amide bonds. The third-order valence-corrected chi connectivity index (χ3v) is 6.75. The highest BCUT2D eigenvalue weighted by Gasteiger charge is 2.21. The summed E-state index contributed by atoms with van der Waals surface area (Å²) in [7, 11) is 1.58. The maximum Gasteiger partial charge on any atom is 0.283 e. The van der Waals surface area contributed by atoms with Crippen molar-refractivity contribution in [3.05, 3.63) is 97.4 Å². The van der Waals surface area contributed by atoms with E-state index in [1.807, 2.05) is 27.7 Å². The van der Waals surface area contributed by atoms with Crippen LogP contribution in [-0.4, -0.2) is 29.7 Å². The maximum absolute atomic E-state index is 15.3. The van der Waals surface area contributed by atoms with Gasteiger partial charge in [0.15, 0.2) is 5.82 Å². The Hall–Kier alpha value is -4.47. The number of aryl methyl sites for hydroxylation is 2. The Labute approximate surface area is 223 Å². The summed E-state index contributed by atoms with van der Waals surface area (Å²) in [6.45, 7) is 9.66. The first-order chi connectivity index (χ1) is 18.5. The molecule has 1 aromatic carbocycles. The zero-order valence-corrected chi connectivity index (χ0v) is 22.7. The van der Waals surface area contributed by atoms with Crippen LogP contribution in [0.15, 0.2) is 56.8 Å². The van der Waals surface area contributed by atoms with Gasteiger partial charge in [-0.2, -0.15) is 14.9 Å². The molecular weight excluding hydrogens is 499 g/mol. The SMILES string of the molecule is CCc1c(-c2cc(Cc3cc(C)on3)c(=O)n(C)n2)ccnc1-n1ncc2cc(C(C)(C)C)cc(F)c2c1=O. The van der Waals surface area contributed by atoms with Gasteiger partial charge in [0.2, 0.25) is 0 Å². The third kappa shape index (κ3) is 4.78. The van der Waals surface area contributed by atoms with E-state index in [0.717, 1.165) is 10.2 Å². The normalized spacial score (nSPS) is 11.9. The Morgan fingerprint density at radius 1 is 1.08 bits per heavy atom. The quantitative estimate of drug-likeness (QED) is 0.332. The summed E-state index contributed by atoms with van der Waals surface area (Å²) in [4.78, 5) is 30.8. The van der Waals surface area contributed by atoms with Gasteiger partial charge in [-0.1, -0.05) is 32.9 Å². The zero-order chi connectivity index (χ0) is 28.1. The molecule has 0 atom stereocenters. The van der Waals surface area contributed by atoms with Gasteiger partial charge < -0.3 is 4.52 Å². The molecular formula is C29H29FN6O3. The number of aromatic nitrogens is 6. The number of rotatable bonds is 5. The van der Waals surface area contributed by atoms with Crippen LogP contribution in [0.3, 0.4) is 0 Å². The Bertz CT molecular complexity index is 1850. The highest BCUT2D eigenvalue weighted by atomic mass is 19.1. The third-order valence-electron chi connectivity index (χ3n) is 6.75. The molecule has 0 unspecified atom stereocenters. The number of fused-ring (bicyclic) bond motifs is 1. The van der Waals surface area contributed by atoms with Crippen LogP contribution in [-0.2, 0) is 25.3 Å². The van der Waals surface area contributed by atoms with Gasteiger partial charge >= 0.3 is 0 Å². The highest BCUT2D eigenvalue weighted by Crippen LogP contribution is 2.29. The lowest BCUT2D eigenvalue weighted by atomic mass is 9.86. The highest BCUT2D eigenvalue weighted by molar-refractivity contribution is 5.82. The summed E-state index contributed by atoms with van der Waals surface area (Å²) < 4.78 is 22.8. The second-order valence-electron chi connectivity index (χ2n) is 10.6. The minimum atomic E-state index is -0.597. The van der Waals surface area contributed by atoms with Crippen molar-refractivity contribution in [2.45, 2.75) is 52.9 Å². The summed E-state index contributed by atoms with van der Waals surface area (Å²) in [5.74, 6) is 0.341. The first-order valence-corrected chi connectivity index (χ1v) is 12.7. The van der Waals surface area contributed by atoms with Crippen molar-refractivity contribution in [3.8, 4) is 17.1 Å². The fraction of sp³-hybridized carbons (Fsp3) is 0.310. The van der Waals surface area contributed by atoms with Crippen LogP contribution in [0.25, 0.3) is 27.8 Å². The predicted octanol–water partition coefficient (Wildman–Crippen LogP) is 4.43. The number of benzene rings is 1. The molecule has 0 aliphatic heterocycles. The van der Waals surface area contributed by atoms with E-state index in [1.165, 1.54) is 16.9 Å². The number of nitrogens with zero attached hydrogens (tertiary/aromatic N) is 6. The Kier molecular flexibility index (Phi) is 6.49. The molecule has 39 heavy (non-hydrogen) atoms. The van der Waals surface area contributed by atoms with E-state index >= 15 is 4.39 Å². The lowest BCUT2D eigenvalue weighted by Crippen LogP contribution is -2.25. The van der Waals surface area contributed by atoms with Crippen LogP contribution >= 0.6 is 0 Å². The molecule has 5 aromatic rings. The number of pyridine rings is 1. The molecule has 5 rings (SSSR count). The average Bonchev–Trinajstić information content (AvgIpc) is 3.30. The van der Waals surface area contributed by atoms with Crippen molar-refractivity contribution >= 4 is 10.8 Å². The Morgan fingerprint density at radius 2 is 1.85 bits per heavy atom. The van der Waals surface area contributed by atoms with Crippen molar-refractivity contribution in [1.82, 2.24) is 29.7 Å². The van der Waals surface area contributed by atoms with Crippen LogP contribution in [0, 0.1) is 12.7 Å². The minimum Gasteiger partial charge on any atom is -0.361 e. The predicted molar refractivity (Wildman–Crippen MR) is 146 cm³/mol. The van der Waals surface area contributed by atoms with Crippen LogP contribution in [0.2, 0.25) is 0 Å². The average molecular weight is 529 g/mol. The van der Waals surface area contributed by atoms with E-state index in [1.54, 1.807) is 44.4 Å². The standard InChI is InChI=1S/C29H29FN6O3/c1-7-21-22(24-13-17(27(37)35(6)33-24)12-20-10-16(2)39-34-20)8-9-31-26(21)36-28(38)25-18(15-32-36)11-19(14-23(25)30)29(3,4)5/h8-11,13-15H,7,12H2,1-6H3. The molecule has 0 saturated carbocycles. The summed E-state index contributed by atoms with van der Waals surface area (Å²) in [5.41, 5.74) is 2.68. The van der Waals surface area contributed by atoms with E-state index in [4.69, 9.17) is 4.52 Å². The topological polar surface area (TPSA) is 109 Å². The summed E-state index contributed by atoms with van der Waals surface area (Å²) in [5, 5.41) is 13.2. The van der Waals surface area contributed by atoms with Crippen LogP contribution in [0.1, 0.15) is 55.8 Å². The van der Waals surface area contributed by atoms with Crippen molar-refractivity contribution in [3.63, 3.8) is 0 Å². The summed E-state index contributed by atoms with van der Waals surface area (Å²) in [6.07, 6.45) is 3.80. The van der Waals surface area contributed by atoms with Gasteiger partial charge in [0.25, 0.3) is 11.1 Å². The van der Waals surface area contributed by atoms with Crippen LogP contribution in [0.4, 0.5) is 4.39 Å². The number of halogens is 1. The largest absolute Gasteiger partial charge is 0.361 e. The van der Waals surface area contributed by atoms with E-state index in [2.05, 4.69) is 20.3 Å². The molecule has 0 aliphatic carbocycles. The summed E-state index contributed by atoms with van der Waals surface area (Å²) >= 11 is 0. The van der Waals surface area contributed by atoms with Crippen molar-refractivity contribution in [2.75, 3.05) is 0 Å². The second kappa shape index (κ2) is 9.68. The molecule has 0 spiro atoms. The molecule has 10 heteroatoms. The van der Waals surface area contributed by atoms with Gasteiger partial charge in [0.1, 0.15) is 11.6 Å². The molecule has 200 valence electrons. The van der Waals surface area contributed by atoms with Gasteiger partial charge in [-0.05, 0) is 48.6 Å². The van der Waals surface area contributed by atoms with E-state index in [-0.39, 0.29) is 28.6 Å². The van der Waals surface area contributed by atoms with Gasteiger partial charge in [0, 0.05) is 47.8 Å².